The van der Waals surface area contributed by atoms with Crippen LogP contribution in [-0.4, -0.2) is 38.4 Å². The number of hydrogen-bond acceptors (Lipinski definition) is 4. The summed E-state index contributed by atoms with van der Waals surface area (Å²) in [6, 6.07) is 0. The van der Waals surface area contributed by atoms with E-state index in [1.807, 2.05) is 0 Å². The molecule has 0 atom stereocenters. The van der Waals surface area contributed by atoms with Crippen LogP contribution in [0.25, 0.3) is 0 Å². The van der Waals surface area contributed by atoms with Crippen molar-refractivity contribution in [2.75, 3.05) is 0 Å². The predicted octanol–water partition coefficient (Wildman–Crippen LogP) is -0.688. The molecule has 78 valence electrons. The molecule has 0 heterocycles. The van der Waals surface area contributed by atoms with Crippen LogP contribution in [0.3, 0.4) is 0 Å². The first kappa shape index (κ1) is 19.3. The molecule has 0 amide bonds. The Morgan fingerprint density at radius 2 is 0.923 bits per heavy atom. The van der Waals surface area contributed by atoms with Gasteiger partial charge in [0.15, 0.2) is 0 Å². The van der Waals surface area contributed by atoms with Gasteiger partial charge in [-0.25, -0.2) is 9.13 Å². The Morgan fingerprint density at radius 1 is 0.846 bits per heavy atom. The molecule has 13 heteroatoms. The fourth-order valence-electron chi connectivity index (χ4n) is 0. The number of phosphoric acid groups is 2. The van der Waals surface area contributed by atoms with Gasteiger partial charge < -0.3 is 19.6 Å². The van der Waals surface area contributed by atoms with E-state index in [1.165, 1.54) is 0 Å². The Bertz CT molecular complexity index is 170. The third-order valence-corrected chi connectivity index (χ3v) is 0.539. The molecular formula is H5F2LiO8P2. The standard InChI is InChI=1S/2FH2O4P.Li.H/c2*1-5-6(2,3)4;;/h2*(H2,2,3,4);;. The van der Waals surface area contributed by atoms with Crippen molar-refractivity contribution in [2.45, 2.75) is 0 Å². The number of halogens is 2. The zero-order valence-electron chi connectivity index (χ0n) is 5.07. The van der Waals surface area contributed by atoms with E-state index >= 15 is 0 Å². The second-order valence-corrected chi connectivity index (χ2v) is 3.36. The monoisotopic (exact) mass is 240 g/mol. The van der Waals surface area contributed by atoms with Crippen molar-refractivity contribution in [1.82, 2.24) is 0 Å². The van der Waals surface area contributed by atoms with Gasteiger partial charge in [-0.1, -0.05) is 9.46 Å². The Labute approximate surface area is 82.3 Å². The fraction of sp³-hybridized carbons (Fsp3) is 0. The van der Waals surface area contributed by atoms with E-state index in [0.717, 1.165) is 0 Å². The molecule has 8 nitrogen and oxygen atoms in total. The summed E-state index contributed by atoms with van der Waals surface area (Å²) in [5.74, 6) is 0. The van der Waals surface area contributed by atoms with Gasteiger partial charge in [-0.15, -0.1) is 0 Å². The molecule has 0 aliphatic carbocycles. The SMILES string of the molecule is O=P(O)(O)OF.O=P(O)(O)OF.[LiH]. The number of hydrogen-bond donors (Lipinski definition) is 4. The molecule has 0 rings (SSSR count). The topological polar surface area (TPSA) is 134 Å². The molecule has 0 saturated carbocycles. The maximum atomic E-state index is 10.2. The molecule has 0 saturated heterocycles. The van der Waals surface area contributed by atoms with Crippen molar-refractivity contribution in [2.24, 2.45) is 0 Å². The van der Waals surface area contributed by atoms with Gasteiger partial charge in [-0.2, -0.15) is 0 Å². The predicted molar refractivity (Wildman–Crippen MR) is 35.6 cm³/mol. The fourth-order valence-corrected chi connectivity index (χ4v) is 0. The second kappa shape index (κ2) is 8.02. The van der Waals surface area contributed by atoms with Crippen molar-refractivity contribution in [3.05, 3.63) is 0 Å². The van der Waals surface area contributed by atoms with Gasteiger partial charge in [0.2, 0.25) is 0 Å². The Hall–Kier alpha value is 0.677. The van der Waals surface area contributed by atoms with Crippen LogP contribution in [-0.2, 0) is 18.6 Å². The number of rotatable bonds is 2. The molecule has 4 N–H and O–H groups in total. The molecule has 0 spiro atoms. The first-order valence-electron chi connectivity index (χ1n) is 1.84. The third kappa shape index (κ3) is 32.4. The molecule has 0 aliphatic rings. The van der Waals surface area contributed by atoms with Crippen LogP contribution >= 0.6 is 15.6 Å². The van der Waals surface area contributed by atoms with E-state index in [9.17, 15) is 9.05 Å². The summed E-state index contributed by atoms with van der Waals surface area (Å²) in [5.41, 5.74) is 0. The maximum absolute atomic E-state index is 10.2. The van der Waals surface area contributed by atoms with E-state index in [0.29, 0.717) is 0 Å². The summed E-state index contributed by atoms with van der Waals surface area (Å²) in [6.45, 7) is 0. The van der Waals surface area contributed by atoms with Gasteiger partial charge in [-0.05, 0) is 9.05 Å². The van der Waals surface area contributed by atoms with Crippen molar-refractivity contribution < 1.29 is 47.2 Å². The van der Waals surface area contributed by atoms with E-state index < -0.39 is 15.6 Å². The molecule has 13 heavy (non-hydrogen) atoms. The molecule has 0 aromatic rings. The summed E-state index contributed by atoms with van der Waals surface area (Å²) >= 11 is 0. The van der Waals surface area contributed by atoms with Crippen LogP contribution in [0, 0.1) is 0 Å². The average molecular weight is 240 g/mol. The normalized spacial score (nSPS) is 10.9. The van der Waals surface area contributed by atoms with E-state index in [-0.39, 0.29) is 18.9 Å². The van der Waals surface area contributed by atoms with Gasteiger partial charge in [0, 0.05) is 0 Å². The molecule has 0 radical (unpaired) electrons. The molecule has 0 fully saturated rings. The summed E-state index contributed by atoms with van der Waals surface area (Å²) in [7, 11) is -9.63. The van der Waals surface area contributed by atoms with Gasteiger partial charge in [0.05, 0.1) is 0 Å². The van der Waals surface area contributed by atoms with Crippen LogP contribution < -0.4 is 0 Å². The summed E-state index contributed by atoms with van der Waals surface area (Å²) in [6.07, 6.45) is 0. The molecular weight excluding hydrogens is 235 g/mol. The van der Waals surface area contributed by atoms with Crippen LogP contribution in [0.4, 0.5) is 9.05 Å². The van der Waals surface area contributed by atoms with E-state index in [4.69, 9.17) is 28.7 Å². The van der Waals surface area contributed by atoms with Crippen LogP contribution in [0.5, 0.6) is 0 Å². The summed E-state index contributed by atoms with van der Waals surface area (Å²) in [4.78, 5) is 29.4. The molecule has 0 aromatic heterocycles. The van der Waals surface area contributed by atoms with Gasteiger partial charge in [-0.3, -0.25) is 0 Å². The van der Waals surface area contributed by atoms with E-state index in [2.05, 4.69) is 9.46 Å². The first-order chi connectivity index (χ1) is 5.12. The van der Waals surface area contributed by atoms with Crippen molar-refractivity contribution in [1.29, 1.82) is 0 Å². The zero-order valence-corrected chi connectivity index (χ0v) is 6.86. The Kier molecular flexibility index (Phi) is 11.9. The molecule has 0 unspecified atom stereocenters. The van der Waals surface area contributed by atoms with Crippen molar-refractivity contribution in [3.63, 3.8) is 0 Å². The van der Waals surface area contributed by atoms with Gasteiger partial charge in [0.25, 0.3) is 0 Å². The van der Waals surface area contributed by atoms with Gasteiger partial charge in [0.1, 0.15) is 0 Å². The molecule has 0 aliphatic heterocycles. The minimum atomic E-state index is -4.81. The Morgan fingerprint density at radius 3 is 0.923 bits per heavy atom. The quantitative estimate of drug-likeness (QED) is 0.368. The third-order valence-electron chi connectivity index (χ3n) is 0.180. The minimum absolute atomic E-state index is 0. The molecule has 0 aromatic carbocycles. The van der Waals surface area contributed by atoms with Crippen LogP contribution in [0.2, 0.25) is 0 Å². The second-order valence-electron chi connectivity index (χ2n) is 1.12. The zero-order chi connectivity index (χ0) is 10.4. The van der Waals surface area contributed by atoms with Crippen LogP contribution in [0.15, 0.2) is 0 Å². The first-order valence-corrected chi connectivity index (χ1v) is 4.90. The molecule has 0 bridgehead atoms. The van der Waals surface area contributed by atoms with E-state index in [1.54, 1.807) is 0 Å². The summed E-state index contributed by atoms with van der Waals surface area (Å²) in [5, 5.41) is 0. The summed E-state index contributed by atoms with van der Waals surface area (Å²) < 4.78 is 42.9. The Balaban J connectivity index is -0.000000143. The van der Waals surface area contributed by atoms with Crippen LogP contribution in [0.1, 0.15) is 0 Å². The average Bonchev–Trinajstić information content (AvgIpc) is 1.86. The van der Waals surface area contributed by atoms with Gasteiger partial charge >= 0.3 is 34.5 Å². The van der Waals surface area contributed by atoms with Crippen molar-refractivity contribution >= 4 is 34.5 Å². The van der Waals surface area contributed by atoms with Crippen molar-refractivity contribution in [3.8, 4) is 0 Å².